The van der Waals surface area contributed by atoms with Crippen LogP contribution in [0.3, 0.4) is 0 Å². The molecular weight excluding hydrogens is 326 g/mol. The molecule has 26 heavy (non-hydrogen) atoms. The highest BCUT2D eigenvalue weighted by Gasteiger charge is 2.21. The van der Waals surface area contributed by atoms with Crippen molar-refractivity contribution < 1.29 is 0 Å². The fourth-order valence-electron chi connectivity index (χ4n) is 3.44. The van der Waals surface area contributed by atoms with E-state index in [0.29, 0.717) is 12.5 Å². The first-order chi connectivity index (χ1) is 12.6. The quantitative estimate of drug-likeness (QED) is 0.759. The zero-order chi connectivity index (χ0) is 18.3. The lowest BCUT2D eigenvalue weighted by molar-refractivity contribution is 0.267. The van der Waals surface area contributed by atoms with E-state index >= 15 is 0 Å². The van der Waals surface area contributed by atoms with E-state index in [1.165, 1.54) is 5.56 Å². The van der Waals surface area contributed by atoms with Crippen molar-refractivity contribution >= 4 is 23.2 Å². The minimum Gasteiger partial charge on any atom is -0.368 e. The molecule has 0 aromatic carbocycles. The second-order valence-electron chi connectivity index (χ2n) is 6.86. The Morgan fingerprint density at radius 3 is 2.85 bits per heavy atom. The van der Waals surface area contributed by atoms with Crippen molar-refractivity contribution in [3.63, 3.8) is 0 Å². The van der Waals surface area contributed by atoms with Gasteiger partial charge in [-0.15, -0.1) is 5.10 Å². The molecule has 0 amide bonds. The van der Waals surface area contributed by atoms with Crippen LogP contribution in [-0.4, -0.2) is 29.5 Å². The zero-order valence-corrected chi connectivity index (χ0v) is 15.4. The van der Waals surface area contributed by atoms with Crippen LogP contribution < -0.4 is 16.3 Å². The normalized spacial score (nSPS) is 15.0. The summed E-state index contributed by atoms with van der Waals surface area (Å²) in [6.07, 6.45) is 4.88. The third kappa shape index (κ3) is 2.84. The van der Waals surface area contributed by atoms with Crippen molar-refractivity contribution in [2.24, 2.45) is 0 Å². The van der Waals surface area contributed by atoms with Crippen LogP contribution in [0.15, 0.2) is 18.3 Å². The van der Waals surface area contributed by atoms with Gasteiger partial charge in [0, 0.05) is 24.5 Å². The molecule has 0 saturated carbocycles. The van der Waals surface area contributed by atoms with E-state index in [0.717, 1.165) is 52.8 Å². The first-order valence-corrected chi connectivity index (χ1v) is 8.90. The van der Waals surface area contributed by atoms with Crippen LogP contribution in [-0.2, 0) is 19.6 Å². The third-order valence-electron chi connectivity index (χ3n) is 4.59. The maximum Gasteiger partial charge on any atom is 0.223 e. The molecule has 0 radical (unpaired) electrons. The van der Waals surface area contributed by atoms with Gasteiger partial charge in [0.2, 0.25) is 5.95 Å². The Morgan fingerprint density at radius 2 is 2.12 bits per heavy atom. The molecular formula is C19H23N7. The Labute approximate surface area is 151 Å². The summed E-state index contributed by atoms with van der Waals surface area (Å²) in [5.41, 5.74) is 10.5. The van der Waals surface area contributed by atoms with Crippen molar-refractivity contribution in [1.29, 1.82) is 0 Å². The Hall–Kier alpha value is -2.80. The minimum absolute atomic E-state index is 0.370. The largest absolute Gasteiger partial charge is 0.368 e. The number of nitrogens with two attached hydrogens (primary N) is 1. The van der Waals surface area contributed by atoms with Gasteiger partial charge in [-0.3, -0.25) is 9.88 Å². The lowest BCUT2D eigenvalue weighted by atomic mass is 10.2. The number of rotatable bonds is 3. The van der Waals surface area contributed by atoms with E-state index in [-0.39, 0.29) is 0 Å². The second-order valence-corrected chi connectivity index (χ2v) is 6.86. The summed E-state index contributed by atoms with van der Waals surface area (Å²) in [6.45, 7) is 8.53. The summed E-state index contributed by atoms with van der Waals surface area (Å²) >= 11 is 0. The average Bonchev–Trinajstić information content (AvgIpc) is 3.21. The van der Waals surface area contributed by atoms with Crippen LogP contribution in [0.4, 0.5) is 5.95 Å². The fraction of sp³-hybridized carbons (Fsp3) is 0.368. The molecule has 4 rings (SSSR count). The molecule has 0 saturated heterocycles. The lowest BCUT2D eigenvalue weighted by Gasteiger charge is -2.10. The molecule has 1 aliphatic rings. The van der Waals surface area contributed by atoms with Crippen LogP contribution in [0, 0.1) is 0 Å². The number of aromatic nitrogens is 5. The molecule has 0 aliphatic carbocycles. The molecule has 7 heteroatoms. The van der Waals surface area contributed by atoms with Crippen LogP contribution in [0.25, 0.3) is 17.3 Å². The zero-order valence-electron chi connectivity index (χ0n) is 15.4. The summed E-state index contributed by atoms with van der Waals surface area (Å²) in [4.78, 5) is 16.1. The van der Waals surface area contributed by atoms with E-state index in [1.807, 2.05) is 26.1 Å². The predicted molar refractivity (Wildman–Crippen MR) is 101 cm³/mol. The summed E-state index contributed by atoms with van der Waals surface area (Å²) in [5, 5.41) is 6.51. The summed E-state index contributed by atoms with van der Waals surface area (Å²) in [7, 11) is 0. The van der Waals surface area contributed by atoms with Gasteiger partial charge in [0.05, 0.1) is 17.6 Å². The number of nitrogens with zero attached hydrogens (tertiary/aromatic N) is 6. The molecule has 134 valence electrons. The standard InChI is InChI=1S/C19H23N7/c1-4-6-14-17(12(2)3)23-19(20)26-18(14)22-16(24-26)11-25-9-13-7-5-8-21-15(13)10-25/h5-8H,4,9-11H2,1-3H3,(H2,20,23)/b14-6+. The number of anilines is 1. The highest BCUT2D eigenvalue weighted by molar-refractivity contribution is 5.52. The molecule has 3 aromatic rings. The van der Waals surface area contributed by atoms with Gasteiger partial charge in [0.25, 0.3) is 0 Å². The van der Waals surface area contributed by atoms with Crippen LogP contribution in [0.5, 0.6) is 0 Å². The van der Waals surface area contributed by atoms with Crippen molar-refractivity contribution in [2.45, 2.75) is 46.8 Å². The van der Waals surface area contributed by atoms with Gasteiger partial charge in [-0.05, 0) is 37.5 Å². The fourth-order valence-corrected chi connectivity index (χ4v) is 3.44. The van der Waals surface area contributed by atoms with Gasteiger partial charge in [0.15, 0.2) is 11.5 Å². The number of nitrogen functional groups attached to an aromatic ring is 1. The molecule has 0 bridgehead atoms. The molecule has 0 fully saturated rings. The van der Waals surface area contributed by atoms with Gasteiger partial charge in [-0.2, -0.15) is 4.52 Å². The van der Waals surface area contributed by atoms with E-state index in [4.69, 9.17) is 10.7 Å². The van der Waals surface area contributed by atoms with Gasteiger partial charge >= 0.3 is 0 Å². The van der Waals surface area contributed by atoms with Crippen LogP contribution >= 0.6 is 0 Å². The van der Waals surface area contributed by atoms with Gasteiger partial charge in [-0.1, -0.05) is 19.1 Å². The highest BCUT2D eigenvalue weighted by Crippen LogP contribution is 2.21. The Morgan fingerprint density at radius 1 is 1.27 bits per heavy atom. The molecule has 0 spiro atoms. The molecule has 2 N–H and O–H groups in total. The molecule has 1 aliphatic heterocycles. The Kier molecular flexibility index (Phi) is 4.16. The van der Waals surface area contributed by atoms with Crippen molar-refractivity contribution in [2.75, 3.05) is 5.73 Å². The third-order valence-corrected chi connectivity index (χ3v) is 4.59. The Balaban J connectivity index is 1.75. The molecule has 4 heterocycles. The summed E-state index contributed by atoms with van der Waals surface area (Å²) in [5.74, 6) is 1.12. The molecule has 0 atom stereocenters. The SMILES string of the molecule is CC/C=c1\c(=C(C)C)nc(N)n2nc(CN3Cc4cccnc4C3)nc12. The van der Waals surface area contributed by atoms with Gasteiger partial charge in [0.1, 0.15) is 0 Å². The average molecular weight is 349 g/mol. The summed E-state index contributed by atoms with van der Waals surface area (Å²) < 4.78 is 1.66. The second kappa shape index (κ2) is 6.49. The first-order valence-electron chi connectivity index (χ1n) is 8.90. The predicted octanol–water partition coefficient (Wildman–Crippen LogP) is 0.998. The van der Waals surface area contributed by atoms with Gasteiger partial charge in [-0.25, -0.2) is 9.97 Å². The van der Waals surface area contributed by atoms with E-state index in [1.54, 1.807) is 4.52 Å². The van der Waals surface area contributed by atoms with Crippen molar-refractivity contribution in [1.82, 2.24) is 29.5 Å². The van der Waals surface area contributed by atoms with Crippen molar-refractivity contribution in [3.05, 3.63) is 46.0 Å². The number of fused-ring (bicyclic) bond motifs is 2. The smallest absolute Gasteiger partial charge is 0.223 e. The minimum atomic E-state index is 0.370. The molecule has 3 aromatic heterocycles. The lowest BCUT2D eigenvalue weighted by Crippen LogP contribution is -2.34. The van der Waals surface area contributed by atoms with Crippen molar-refractivity contribution in [3.8, 4) is 0 Å². The number of hydrogen-bond donors (Lipinski definition) is 1. The van der Waals surface area contributed by atoms with Crippen LogP contribution in [0.2, 0.25) is 0 Å². The van der Waals surface area contributed by atoms with E-state index in [2.05, 4.69) is 39.0 Å². The van der Waals surface area contributed by atoms with Crippen LogP contribution in [0.1, 0.15) is 44.3 Å². The topological polar surface area (TPSA) is 85.2 Å². The highest BCUT2D eigenvalue weighted by atomic mass is 15.4. The van der Waals surface area contributed by atoms with Gasteiger partial charge < -0.3 is 5.73 Å². The maximum atomic E-state index is 6.15. The van der Waals surface area contributed by atoms with E-state index < -0.39 is 0 Å². The summed E-state index contributed by atoms with van der Waals surface area (Å²) in [6, 6.07) is 4.11. The molecule has 0 unspecified atom stereocenters. The molecule has 7 nitrogen and oxygen atoms in total. The Bertz CT molecular complexity index is 1070. The monoisotopic (exact) mass is 349 g/mol. The number of hydrogen-bond acceptors (Lipinski definition) is 6. The maximum absolute atomic E-state index is 6.15. The first kappa shape index (κ1) is 16.7. The van der Waals surface area contributed by atoms with E-state index in [9.17, 15) is 0 Å². The number of pyridine rings is 1.